The van der Waals surface area contributed by atoms with Crippen LogP contribution in [-0.4, -0.2) is 33.4 Å². The number of rotatable bonds is 9. The third-order valence-electron chi connectivity index (χ3n) is 5.10. The monoisotopic (exact) mass is 499 g/mol. The summed E-state index contributed by atoms with van der Waals surface area (Å²) in [4.78, 5) is 25.4. The second-order valence-electron chi connectivity index (χ2n) is 8.05. The molecule has 0 saturated carbocycles. The molecule has 184 valence electrons. The Labute approximate surface area is 203 Å². The SMILES string of the molecule is COc1ccc(C(=O)NC(C(=O)Nc2ccc(S(=O)(=O)Nc3cccc(F)c3)cc2)C(C)C)cc1. The smallest absolute Gasteiger partial charge is 0.261 e. The highest BCUT2D eigenvalue weighted by Gasteiger charge is 2.25. The van der Waals surface area contributed by atoms with E-state index in [0.29, 0.717) is 17.0 Å². The Morgan fingerprint density at radius 2 is 1.57 bits per heavy atom. The summed E-state index contributed by atoms with van der Waals surface area (Å²) in [5.41, 5.74) is 0.823. The van der Waals surface area contributed by atoms with Gasteiger partial charge in [-0.1, -0.05) is 19.9 Å². The zero-order chi connectivity index (χ0) is 25.6. The van der Waals surface area contributed by atoms with Gasteiger partial charge in [-0.25, -0.2) is 12.8 Å². The summed E-state index contributed by atoms with van der Waals surface area (Å²) in [6, 6.07) is 16.3. The van der Waals surface area contributed by atoms with Gasteiger partial charge in [-0.3, -0.25) is 14.3 Å². The maximum Gasteiger partial charge on any atom is 0.261 e. The van der Waals surface area contributed by atoms with Gasteiger partial charge in [0.15, 0.2) is 0 Å². The topological polar surface area (TPSA) is 114 Å². The number of hydrogen-bond acceptors (Lipinski definition) is 5. The van der Waals surface area contributed by atoms with Crippen molar-refractivity contribution in [3.05, 3.63) is 84.2 Å². The number of amides is 2. The summed E-state index contributed by atoms with van der Waals surface area (Å²) in [6.07, 6.45) is 0. The average molecular weight is 500 g/mol. The number of sulfonamides is 1. The summed E-state index contributed by atoms with van der Waals surface area (Å²) in [6.45, 7) is 3.60. The van der Waals surface area contributed by atoms with Crippen LogP contribution in [0.3, 0.4) is 0 Å². The van der Waals surface area contributed by atoms with Crippen molar-refractivity contribution in [1.29, 1.82) is 0 Å². The van der Waals surface area contributed by atoms with Gasteiger partial charge in [-0.15, -0.1) is 0 Å². The first-order chi connectivity index (χ1) is 16.6. The van der Waals surface area contributed by atoms with E-state index in [1.165, 1.54) is 49.6 Å². The lowest BCUT2D eigenvalue weighted by molar-refractivity contribution is -0.118. The van der Waals surface area contributed by atoms with Crippen molar-refractivity contribution in [3.63, 3.8) is 0 Å². The van der Waals surface area contributed by atoms with E-state index in [1.807, 2.05) is 0 Å². The van der Waals surface area contributed by atoms with Gasteiger partial charge in [-0.2, -0.15) is 0 Å². The third-order valence-corrected chi connectivity index (χ3v) is 6.49. The van der Waals surface area contributed by atoms with Gasteiger partial charge in [-0.05, 0) is 72.6 Å². The van der Waals surface area contributed by atoms with Gasteiger partial charge in [0.05, 0.1) is 17.7 Å². The van der Waals surface area contributed by atoms with Crippen molar-refractivity contribution in [2.24, 2.45) is 5.92 Å². The third kappa shape index (κ3) is 6.80. The standard InChI is InChI=1S/C25H26FN3O5S/c1-16(2)23(28-24(30)17-7-11-21(34-3)12-8-17)25(31)27-19-9-13-22(14-10-19)35(32,33)29-20-6-4-5-18(26)15-20/h4-16,23,29H,1-3H3,(H,27,31)(H,28,30). The fourth-order valence-electron chi connectivity index (χ4n) is 3.21. The van der Waals surface area contributed by atoms with Crippen LogP contribution in [0.2, 0.25) is 0 Å². The molecule has 0 radical (unpaired) electrons. The Bertz CT molecular complexity index is 1290. The van der Waals surface area contributed by atoms with E-state index in [4.69, 9.17) is 4.74 Å². The van der Waals surface area contributed by atoms with Crippen LogP contribution in [0.1, 0.15) is 24.2 Å². The summed E-state index contributed by atoms with van der Waals surface area (Å²) < 4.78 is 45.9. The van der Waals surface area contributed by atoms with Gasteiger partial charge >= 0.3 is 0 Å². The number of nitrogens with one attached hydrogen (secondary N) is 3. The van der Waals surface area contributed by atoms with E-state index in [2.05, 4.69) is 15.4 Å². The van der Waals surface area contributed by atoms with Gasteiger partial charge in [0.2, 0.25) is 5.91 Å². The number of hydrogen-bond donors (Lipinski definition) is 3. The number of halogens is 1. The predicted octanol–water partition coefficient (Wildman–Crippen LogP) is 4.03. The van der Waals surface area contributed by atoms with Crippen LogP contribution in [0, 0.1) is 11.7 Å². The molecule has 3 aromatic carbocycles. The lowest BCUT2D eigenvalue weighted by Crippen LogP contribution is -2.47. The molecule has 8 nitrogen and oxygen atoms in total. The van der Waals surface area contributed by atoms with E-state index in [0.717, 1.165) is 6.07 Å². The molecule has 0 bridgehead atoms. The van der Waals surface area contributed by atoms with Crippen molar-refractivity contribution < 1.29 is 27.1 Å². The van der Waals surface area contributed by atoms with Crippen molar-refractivity contribution in [1.82, 2.24) is 5.32 Å². The molecule has 2 amide bonds. The van der Waals surface area contributed by atoms with Crippen molar-refractivity contribution >= 4 is 33.2 Å². The van der Waals surface area contributed by atoms with E-state index in [9.17, 15) is 22.4 Å². The number of carbonyl (C=O) groups excluding carboxylic acids is 2. The van der Waals surface area contributed by atoms with Crippen molar-refractivity contribution in [2.45, 2.75) is 24.8 Å². The van der Waals surface area contributed by atoms with Crippen LogP contribution in [0.15, 0.2) is 77.7 Å². The zero-order valence-electron chi connectivity index (χ0n) is 19.4. The maximum atomic E-state index is 13.3. The Hall–Kier alpha value is -3.92. The molecular weight excluding hydrogens is 473 g/mol. The predicted molar refractivity (Wildman–Crippen MR) is 131 cm³/mol. The highest BCUT2D eigenvalue weighted by Crippen LogP contribution is 2.20. The van der Waals surface area contributed by atoms with Crippen LogP contribution in [0.25, 0.3) is 0 Å². The minimum atomic E-state index is -3.95. The molecule has 0 spiro atoms. The molecule has 1 unspecified atom stereocenters. The largest absolute Gasteiger partial charge is 0.497 e. The second kappa shape index (κ2) is 11.0. The first-order valence-corrected chi connectivity index (χ1v) is 12.2. The van der Waals surface area contributed by atoms with Crippen molar-refractivity contribution in [2.75, 3.05) is 17.1 Å². The first kappa shape index (κ1) is 25.7. The van der Waals surface area contributed by atoms with E-state index >= 15 is 0 Å². The molecule has 0 heterocycles. The highest BCUT2D eigenvalue weighted by atomic mass is 32.2. The minimum Gasteiger partial charge on any atom is -0.497 e. The zero-order valence-corrected chi connectivity index (χ0v) is 20.2. The van der Waals surface area contributed by atoms with Gasteiger partial charge < -0.3 is 15.4 Å². The Kier molecular flexibility index (Phi) is 8.08. The lowest BCUT2D eigenvalue weighted by Gasteiger charge is -2.22. The fourth-order valence-corrected chi connectivity index (χ4v) is 4.25. The Morgan fingerprint density at radius 1 is 0.914 bits per heavy atom. The lowest BCUT2D eigenvalue weighted by atomic mass is 10.0. The number of methoxy groups -OCH3 is 1. The molecule has 0 aliphatic rings. The summed E-state index contributed by atoms with van der Waals surface area (Å²) in [5, 5.41) is 5.43. The molecule has 0 aliphatic heterocycles. The van der Waals surface area contributed by atoms with Gasteiger partial charge in [0.1, 0.15) is 17.6 Å². The number of anilines is 2. The van der Waals surface area contributed by atoms with Crippen LogP contribution >= 0.6 is 0 Å². The quantitative estimate of drug-likeness (QED) is 0.411. The number of carbonyl (C=O) groups is 2. The normalized spacial score (nSPS) is 12.0. The Morgan fingerprint density at radius 3 is 2.14 bits per heavy atom. The highest BCUT2D eigenvalue weighted by molar-refractivity contribution is 7.92. The van der Waals surface area contributed by atoms with Crippen LogP contribution in [0.4, 0.5) is 15.8 Å². The molecule has 0 aromatic heterocycles. The Balaban J connectivity index is 1.67. The van der Waals surface area contributed by atoms with E-state index in [-0.39, 0.29) is 16.5 Å². The van der Waals surface area contributed by atoms with Gasteiger partial charge in [0, 0.05) is 11.3 Å². The first-order valence-electron chi connectivity index (χ1n) is 10.7. The molecule has 0 saturated heterocycles. The van der Waals surface area contributed by atoms with E-state index in [1.54, 1.807) is 38.1 Å². The molecular formula is C25H26FN3O5S. The van der Waals surface area contributed by atoms with E-state index < -0.39 is 33.7 Å². The molecule has 35 heavy (non-hydrogen) atoms. The second-order valence-corrected chi connectivity index (χ2v) is 9.74. The summed E-state index contributed by atoms with van der Waals surface area (Å²) in [5.74, 6) is -1.03. The van der Waals surface area contributed by atoms with Crippen LogP contribution < -0.4 is 20.1 Å². The molecule has 10 heteroatoms. The van der Waals surface area contributed by atoms with Crippen LogP contribution in [0.5, 0.6) is 5.75 Å². The maximum absolute atomic E-state index is 13.3. The number of benzene rings is 3. The summed E-state index contributed by atoms with van der Waals surface area (Å²) >= 11 is 0. The summed E-state index contributed by atoms with van der Waals surface area (Å²) in [7, 11) is -2.43. The average Bonchev–Trinajstić information content (AvgIpc) is 2.82. The molecule has 0 aliphatic carbocycles. The molecule has 3 N–H and O–H groups in total. The number of ether oxygens (including phenoxy) is 1. The van der Waals surface area contributed by atoms with Crippen molar-refractivity contribution in [3.8, 4) is 5.75 Å². The fraction of sp³-hybridized carbons (Fsp3) is 0.200. The van der Waals surface area contributed by atoms with Crippen LogP contribution in [-0.2, 0) is 14.8 Å². The molecule has 1 atom stereocenters. The minimum absolute atomic E-state index is 0.0621. The van der Waals surface area contributed by atoms with Gasteiger partial charge in [0.25, 0.3) is 15.9 Å². The molecule has 0 fully saturated rings. The molecule has 3 rings (SSSR count). The molecule has 3 aromatic rings.